The van der Waals surface area contributed by atoms with Crippen molar-refractivity contribution in [2.75, 3.05) is 20.8 Å². The molecule has 0 saturated carbocycles. The van der Waals surface area contributed by atoms with E-state index in [0.29, 0.717) is 11.5 Å². The molecule has 0 bridgehead atoms. The van der Waals surface area contributed by atoms with E-state index in [1.165, 1.54) is 14.2 Å². The van der Waals surface area contributed by atoms with Crippen molar-refractivity contribution in [2.45, 2.75) is 6.42 Å². The Hall–Kier alpha value is -2.24. The normalized spacial score (nSPS) is 9.67. The van der Waals surface area contributed by atoms with Crippen LogP contribution in [0, 0.1) is 0 Å². The SMILES string of the molecule is COc1cccc(OC)c1C(=O)NCCC(=O)O. The lowest BCUT2D eigenvalue weighted by Crippen LogP contribution is -2.26. The molecule has 0 fully saturated rings. The van der Waals surface area contributed by atoms with Gasteiger partial charge in [-0.25, -0.2) is 0 Å². The molecule has 0 aliphatic carbocycles. The van der Waals surface area contributed by atoms with E-state index in [1.807, 2.05) is 0 Å². The lowest BCUT2D eigenvalue weighted by Gasteiger charge is -2.12. The van der Waals surface area contributed by atoms with Crippen LogP contribution in [0.25, 0.3) is 0 Å². The molecule has 6 nitrogen and oxygen atoms in total. The molecule has 0 saturated heterocycles. The Morgan fingerprint density at radius 1 is 1.22 bits per heavy atom. The van der Waals surface area contributed by atoms with Crippen LogP contribution in [-0.2, 0) is 4.79 Å². The van der Waals surface area contributed by atoms with Gasteiger partial charge in [-0.2, -0.15) is 0 Å². The molecule has 0 radical (unpaired) electrons. The van der Waals surface area contributed by atoms with Crippen LogP contribution in [0.1, 0.15) is 16.8 Å². The average Bonchev–Trinajstić information content (AvgIpc) is 2.36. The summed E-state index contributed by atoms with van der Waals surface area (Å²) in [6.45, 7) is 0.0510. The topological polar surface area (TPSA) is 84.9 Å². The van der Waals surface area contributed by atoms with Crippen molar-refractivity contribution in [2.24, 2.45) is 0 Å². The first-order chi connectivity index (χ1) is 8.60. The number of carboxylic acid groups (broad SMARTS) is 1. The van der Waals surface area contributed by atoms with Gasteiger partial charge in [0.05, 0.1) is 20.6 Å². The van der Waals surface area contributed by atoms with Gasteiger partial charge >= 0.3 is 5.97 Å². The van der Waals surface area contributed by atoms with Gasteiger partial charge in [0.15, 0.2) is 0 Å². The van der Waals surface area contributed by atoms with Crippen LogP contribution in [0.4, 0.5) is 0 Å². The Morgan fingerprint density at radius 3 is 2.22 bits per heavy atom. The third kappa shape index (κ3) is 3.38. The fourth-order valence-electron chi connectivity index (χ4n) is 1.45. The third-order valence-electron chi connectivity index (χ3n) is 2.28. The molecule has 6 heteroatoms. The number of aliphatic carboxylic acids is 1. The van der Waals surface area contributed by atoms with Crippen molar-refractivity contribution < 1.29 is 24.2 Å². The molecule has 1 amide bonds. The summed E-state index contributed by atoms with van der Waals surface area (Å²) < 4.78 is 10.2. The maximum Gasteiger partial charge on any atom is 0.305 e. The van der Waals surface area contributed by atoms with Crippen molar-refractivity contribution >= 4 is 11.9 Å². The maximum atomic E-state index is 11.9. The quantitative estimate of drug-likeness (QED) is 0.787. The summed E-state index contributed by atoms with van der Waals surface area (Å²) in [4.78, 5) is 22.3. The molecule has 1 aromatic rings. The molecule has 0 aliphatic heterocycles. The van der Waals surface area contributed by atoms with Crippen LogP contribution in [-0.4, -0.2) is 37.7 Å². The van der Waals surface area contributed by atoms with E-state index in [2.05, 4.69) is 5.32 Å². The van der Waals surface area contributed by atoms with Gasteiger partial charge in [-0.15, -0.1) is 0 Å². The van der Waals surface area contributed by atoms with Gasteiger partial charge in [0.25, 0.3) is 5.91 Å². The number of amides is 1. The molecular formula is C12H15NO5. The monoisotopic (exact) mass is 253 g/mol. The molecule has 18 heavy (non-hydrogen) atoms. The fourth-order valence-corrected chi connectivity index (χ4v) is 1.45. The summed E-state index contributed by atoms with van der Waals surface area (Å²) >= 11 is 0. The van der Waals surface area contributed by atoms with Crippen molar-refractivity contribution in [1.29, 1.82) is 0 Å². The standard InChI is InChI=1S/C12H15NO5/c1-17-8-4-3-5-9(18-2)11(8)12(16)13-7-6-10(14)15/h3-5H,6-7H2,1-2H3,(H,13,16)(H,14,15). The third-order valence-corrected chi connectivity index (χ3v) is 2.28. The highest BCUT2D eigenvalue weighted by molar-refractivity contribution is 5.99. The minimum Gasteiger partial charge on any atom is -0.496 e. The summed E-state index contributed by atoms with van der Waals surface area (Å²) in [5.74, 6) is -0.641. The Morgan fingerprint density at radius 2 is 1.78 bits per heavy atom. The Labute approximate surface area is 105 Å². The first kappa shape index (κ1) is 13.8. The van der Waals surface area contributed by atoms with Gasteiger partial charge < -0.3 is 19.9 Å². The molecule has 2 N–H and O–H groups in total. The lowest BCUT2D eigenvalue weighted by molar-refractivity contribution is -0.136. The second-order valence-corrected chi connectivity index (χ2v) is 3.44. The average molecular weight is 253 g/mol. The van der Waals surface area contributed by atoms with Crippen LogP contribution in [0.3, 0.4) is 0 Å². The van der Waals surface area contributed by atoms with E-state index >= 15 is 0 Å². The molecule has 0 aromatic heterocycles. The number of methoxy groups -OCH3 is 2. The number of carboxylic acids is 1. The highest BCUT2D eigenvalue weighted by Crippen LogP contribution is 2.27. The molecule has 0 atom stereocenters. The second-order valence-electron chi connectivity index (χ2n) is 3.44. The van der Waals surface area contributed by atoms with E-state index in [9.17, 15) is 9.59 Å². The first-order valence-corrected chi connectivity index (χ1v) is 5.31. The number of hydrogen-bond donors (Lipinski definition) is 2. The summed E-state index contributed by atoms with van der Waals surface area (Å²) in [7, 11) is 2.89. The number of rotatable bonds is 6. The van der Waals surface area contributed by atoms with Crippen LogP contribution >= 0.6 is 0 Å². The molecular weight excluding hydrogens is 238 g/mol. The van der Waals surface area contributed by atoms with Crippen molar-refractivity contribution in [3.8, 4) is 11.5 Å². The zero-order valence-corrected chi connectivity index (χ0v) is 10.2. The number of carbonyl (C=O) groups excluding carboxylic acids is 1. The summed E-state index contributed by atoms with van der Waals surface area (Å²) in [6.07, 6.45) is -0.136. The van der Waals surface area contributed by atoms with Crippen LogP contribution < -0.4 is 14.8 Å². The van der Waals surface area contributed by atoms with Gasteiger partial charge in [-0.05, 0) is 12.1 Å². The second kappa shape index (κ2) is 6.48. The minimum atomic E-state index is -0.970. The van der Waals surface area contributed by atoms with Crippen molar-refractivity contribution in [3.63, 3.8) is 0 Å². The van der Waals surface area contributed by atoms with E-state index in [-0.39, 0.29) is 18.5 Å². The largest absolute Gasteiger partial charge is 0.496 e. The maximum absolute atomic E-state index is 11.9. The predicted molar refractivity (Wildman–Crippen MR) is 64.1 cm³/mol. The number of benzene rings is 1. The van der Waals surface area contributed by atoms with Crippen LogP contribution in [0.15, 0.2) is 18.2 Å². The molecule has 1 aromatic carbocycles. The highest BCUT2D eigenvalue weighted by Gasteiger charge is 2.17. The highest BCUT2D eigenvalue weighted by atomic mass is 16.5. The molecule has 98 valence electrons. The lowest BCUT2D eigenvalue weighted by atomic mass is 10.1. The van der Waals surface area contributed by atoms with E-state index in [0.717, 1.165) is 0 Å². The van der Waals surface area contributed by atoms with Crippen LogP contribution in [0.5, 0.6) is 11.5 Å². The minimum absolute atomic E-state index is 0.0510. The molecule has 0 heterocycles. The first-order valence-electron chi connectivity index (χ1n) is 5.31. The van der Waals surface area contributed by atoms with Crippen molar-refractivity contribution in [3.05, 3.63) is 23.8 Å². The Bertz CT molecular complexity index is 422. The zero-order chi connectivity index (χ0) is 13.5. The number of ether oxygens (including phenoxy) is 2. The summed E-state index contributed by atoms with van der Waals surface area (Å²) in [5, 5.41) is 11.0. The van der Waals surface area contributed by atoms with Gasteiger partial charge in [0, 0.05) is 6.54 Å². The van der Waals surface area contributed by atoms with E-state index < -0.39 is 11.9 Å². The number of carbonyl (C=O) groups is 2. The molecule has 0 aliphatic rings. The predicted octanol–water partition coefficient (Wildman–Crippen LogP) is 0.908. The van der Waals surface area contributed by atoms with Gasteiger partial charge in [-0.3, -0.25) is 9.59 Å². The number of nitrogens with one attached hydrogen (secondary N) is 1. The fraction of sp³-hybridized carbons (Fsp3) is 0.333. The van der Waals surface area contributed by atoms with E-state index in [1.54, 1.807) is 18.2 Å². The molecule has 1 rings (SSSR count). The van der Waals surface area contributed by atoms with E-state index in [4.69, 9.17) is 14.6 Å². The summed E-state index contributed by atoms with van der Waals surface area (Å²) in [6, 6.07) is 4.97. The van der Waals surface area contributed by atoms with Gasteiger partial charge in [0.2, 0.25) is 0 Å². The van der Waals surface area contributed by atoms with Gasteiger partial charge in [0.1, 0.15) is 17.1 Å². The van der Waals surface area contributed by atoms with Gasteiger partial charge in [-0.1, -0.05) is 6.07 Å². The number of hydrogen-bond acceptors (Lipinski definition) is 4. The van der Waals surface area contributed by atoms with Crippen molar-refractivity contribution in [1.82, 2.24) is 5.32 Å². The Kier molecular flexibility index (Phi) is 4.98. The Balaban J connectivity index is 2.86. The van der Waals surface area contributed by atoms with Crippen LogP contribution in [0.2, 0.25) is 0 Å². The zero-order valence-electron chi connectivity index (χ0n) is 10.2. The summed E-state index contributed by atoms with van der Waals surface area (Å²) in [5.41, 5.74) is 0.257. The molecule has 0 spiro atoms. The molecule has 0 unspecified atom stereocenters. The smallest absolute Gasteiger partial charge is 0.305 e.